The fraction of sp³-hybridized carbons (Fsp3) is 0.455. The number of thiophene rings is 1. The Bertz CT molecular complexity index is 1110. The highest BCUT2D eigenvalue weighted by molar-refractivity contribution is 7.21. The molecule has 0 atom stereocenters. The summed E-state index contributed by atoms with van der Waals surface area (Å²) >= 11 is 1.12. The molecule has 0 spiro atoms. The van der Waals surface area contributed by atoms with Gasteiger partial charge in [0.05, 0.1) is 10.3 Å². The summed E-state index contributed by atoms with van der Waals surface area (Å²) in [4.78, 5) is 21.2. The van der Waals surface area contributed by atoms with Crippen LogP contribution in [0.4, 0.5) is 10.8 Å². The van der Waals surface area contributed by atoms with Gasteiger partial charge < -0.3 is 14.8 Å². The van der Waals surface area contributed by atoms with Crippen molar-refractivity contribution in [3.63, 3.8) is 0 Å². The Hall–Kier alpha value is -2.94. The number of hydrogen-bond acceptors (Lipinski definition) is 8. The number of fused-ring (bicyclic) bond motifs is 2. The number of nitro groups is 1. The summed E-state index contributed by atoms with van der Waals surface area (Å²) in [7, 11) is 0. The highest BCUT2D eigenvalue weighted by Gasteiger charge is 2.23. The first-order valence-electron chi connectivity index (χ1n) is 10.8. The van der Waals surface area contributed by atoms with E-state index in [1.54, 1.807) is 6.07 Å². The smallest absolute Gasteiger partial charge is 0.326 e. The highest BCUT2D eigenvalue weighted by atomic mass is 32.1. The van der Waals surface area contributed by atoms with E-state index < -0.39 is 0 Å². The fourth-order valence-corrected chi connectivity index (χ4v) is 5.12. The number of hydrogen-bond donors (Lipinski definition) is 1. The van der Waals surface area contributed by atoms with Crippen molar-refractivity contribution < 1.29 is 14.4 Å². The minimum atomic E-state index is -0.356. The lowest BCUT2D eigenvalue weighted by atomic mass is 9.89. The minimum Gasteiger partial charge on any atom is -0.486 e. The van der Waals surface area contributed by atoms with Crippen LogP contribution in [-0.4, -0.2) is 34.6 Å². The van der Waals surface area contributed by atoms with Gasteiger partial charge in [0.2, 0.25) is 0 Å². The number of benzene rings is 1. The van der Waals surface area contributed by atoms with E-state index in [9.17, 15) is 10.1 Å². The summed E-state index contributed by atoms with van der Waals surface area (Å²) in [5, 5.41) is 15.5. The van der Waals surface area contributed by atoms with Gasteiger partial charge in [0.15, 0.2) is 11.5 Å². The van der Waals surface area contributed by atoms with Crippen molar-refractivity contribution in [1.82, 2.24) is 9.97 Å². The lowest BCUT2D eigenvalue weighted by molar-refractivity contribution is -0.380. The predicted octanol–water partition coefficient (Wildman–Crippen LogP) is 5.07. The summed E-state index contributed by atoms with van der Waals surface area (Å²) < 4.78 is 11.2. The fourth-order valence-electron chi connectivity index (χ4n) is 4.26. The lowest BCUT2D eigenvalue weighted by Crippen LogP contribution is -2.15. The molecule has 3 heterocycles. The third-order valence-electron chi connectivity index (χ3n) is 5.86. The Labute approximate surface area is 183 Å². The summed E-state index contributed by atoms with van der Waals surface area (Å²) in [6.07, 6.45) is 6.55. The van der Waals surface area contributed by atoms with E-state index in [1.807, 2.05) is 18.2 Å². The molecule has 1 N–H and O–H groups in total. The average Bonchev–Trinajstić information content (AvgIpc) is 3.24. The molecule has 5 rings (SSSR count). The van der Waals surface area contributed by atoms with E-state index in [1.165, 1.54) is 19.3 Å². The van der Waals surface area contributed by atoms with Crippen LogP contribution in [0.1, 0.15) is 49.4 Å². The summed E-state index contributed by atoms with van der Waals surface area (Å²) in [5.41, 5.74) is 1.13. The monoisotopic (exact) mass is 440 g/mol. The average molecular weight is 441 g/mol. The molecule has 1 saturated carbocycles. The molecule has 31 heavy (non-hydrogen) atoms. The molecule has 162 valence electrons. The Morgan fingerprint density at radius 3 is 2.71 bits per heavy atom. The summed E-state index contributed by atoms with van der Waals surface area (Å²) in [5.74, 6) is 3.39. The Balaban J connectivity index is 1.37. The van der Waals surface area contributed by atoms with Crippen molar-refractivity contribution in [2.75, 3.05) is 25.1 Å². The van der Waals surface area contributed by atoms with Crippen LogP contribution in [0.5, 0.6) is 11.5 Å². The normalized spacial score (nSPS) is 16.4. The molecular weight excluding hydrogens is 416 g/mol. The zero-order valence-corrected chi connectivity index (χ0v) is 18.0. The lowest BCUT2D eigenvalue weighted by Gasteiger charge is -2.21. The summed E-state index contributed by atoms with van der Waals surface area (Å²) in [6.45, 7) is 1.79. The largest absolute Gasteiger partial charge is 0.486 e. The molecule has 9 heteroatoms. The summed E-state index contributed by atoms with van der Waals surface area (Å²) in [6, 6.07) is 7.56. The van der Waals surface area contributed by atoms with E-state index in [4.69, 9.17) is 19.4 Å². The van der Waals surface area contributed by atoms with Gasteiger partial charge >= 0.3 is 5.00 Å². The van der Waals surface area contributed by atoms with Gasteiger partial charge in [-0.1, -0.05) is 25.3 Å². The van der Waals surface area contributed by atoms with Crippen LogP contribution in [0, 0.1) is 10.1 Å². The van der Waals surface area contributed by atoms with Crippen molar-refractivity contribution in [2.24, 2.45) is 0 Å². The number of ether oxygens (including phenoxy) is 2. The van der Waals surface area contributed by atoms with Gasteiger partial charge in [-0.25, -0.2) is 9.97 Å². The number of nitrogens with one attached hydrogen (secondary N) is 1. The maximum atomic E-state index is 11.3. The van der Waals surface area contributed by atoms with Crippen LogP contribution in [0.15, 0.2) is 24.3 Å². The van der Waals surface area contributed by atoms with Crippen LogP contribution in [-0.2, 0) is 6.42 Å². The van der Waals surface area contributed by atoms with E-state index >= 15 is 0 Å². The molecule has 8 nitrogen and oxygen atoms in total. The topological polar surface area (TPSA) is 99.4 Å². The second-order valence-electron chi connectivity index (χ2n) is 7.98. The number of aromatic nitrogens is 2. The number of anilines is 1. The molecule has 1 fully saturated rings. The van der Waals surface area contributed by atoms with Gasteiger partial charge in [0.1, 0.15) is 29.7 Å². The zero-order valence-electron chi connectivity index (χ0n) is 17.1. The molecule has 1 aliphatic heterocycles. The first-order chi connectivity index (χ1) is 15.2. The molecule has 0 unspecified atom stereocenters. The van der Waals surface area contributed by atoms with Gasteiger partial charge in [-0.15, -0.1) is 0 Å². The van der Waals surface area contributed by atoms with Gasteiger partial charge in [-0.2, -0.15) is 0 Å². The van der Waals surface area contributed by atoms with Gasteiger partial charge in [-0.05, 0) is 48.3 Å². The molecule has 3 aromatic rings. The number of rotatable bonds is 6. The maximum Gasteiger partial charge on any atom is 0.326 e. The minimum absolute atomic E-state index is 0.0972. The van der Waals surface area contributed by atoms with Crippen LogP contribution >= 0.6 is 11.3 Å². The Morgan fingerprint density at radius 1 is 1.10 bits per heavy atom. The van der Waals surface area contributed by atoms with Crippen molar-refractivity contribution in [3.05, 3.63) is 45.8 Å². The van der Waals surface area contributed by atoms with Crippen LogP contribution < -0.4 is 14.8 Å². The third kappa shape index (κ3) is 4.27. The highest BCUT2D eigenvalue weighted by Crippen LogP contribution is 2.37. The molecular formula is C22H24N4O4S. The molecule has 0 radical (unpaired) electrons. The van der Waals surface area contributed by atoms with Crippen molar-refractivity contribution in [1.29, 1.82) is 0 Å². The second-order valence-corrected chi connectivity index (χ2v) is 8.99. The van der Waals surface area contributed by atoms with E-state index in [0.717, 1.165) is 58.9 Å². The predicted molar refractivity (Wildman–Crippen MR) is 120 cm³/mol. The quantitative estimate of drug-likeness (QED) is 0.422. The van der Waals surface area contributed by atoms with E-state index in [2.05, 4.69) is 5.32 Å². The van der Waals surface area contributed by atoms with Crippen molar-refractivity contribution in [3.8, 4) is 11.5 Å². The third-order valence-corrected chi connectivity index (χ3v) is 6.84. The first kappa shape index (κ1) is 20.0. The van der Waals surface area contributed by atoms with Gasteiger partial charge in [0.25, 0.3) is 0 Å². The SMILES string of the molecule is O=[N+]([O-])c1cc2c(NCCc3ccc4c(c3)OCCO4)nc(C3CCCCC3)nc2s1. The van der Waals surface area contributed by atoms with Crippen LogP contribution in [0.25, 0.3) is 10.2 Å². The molecule has 2 aliphatic rings. The first-order valence-corrected chi connectivity index (χ1v) is 11.6. The van der Waals surface area contributed by atoms with Crippen LogP contribution in [0.2, 0.25) is 0 Å². The molecule has 0 bridgehead atoms. The maximum absolute atomic E-state index is 11.3. The van der Waals surface area contributed by atoms with Crippen LogP contribution in [0.3, 0.4) is 0 Å². The second kappa shape index (κ2) is 8.66. The van der Waals surface area contributed by atoms with E-state index in [0.29, 0.717) is 36.3 Å². The Kier molecular flexibility index (Phi) is 5.59. The standard InChI is InChI=1S/C22H24N4O4S/c27-26(28)19-13-16-21(24-20(25-22(16)31-19)15-4-2-1-3-5-15)23-9-8-14-6-7-17-18(12-14)30-11-10-29-17/h6-7,12-13,15H,1-5,8-11H2,(H,23,24,25). The Morgan fingerprint density at radius 2 is 1.90 bits per heavy atom. The zero-order chi connectivity index (χ0) is 21.2. The number of nitrogens with zero attached hydrogens (tertiary/aromatic N) is 3. The van der Waals surface area contributed by atoms with Gasteiger partial charge in [0, 0.05) is 18.5 Å². The van der Waals surface area contributed by atoms with E-state index in [-0.39, 0.29) is 9.92 Å². The molecule has 1 aromatic carbocycles. The van der Waals surface area contributed by atoms with Gasteiger partial charge in [-0.3, -0.25) is 10.1 Å². The molecule has 2 aromatic heterocycles. The molecule has 0 saturated heterocycles. The molecule has 1 aliphatic carbocycles. The van der Waals surface area contributed by atoms with Crippen molar-refractivity contribution in [2.45, 2.75) is 44.4 Å². The van der Waals surface area contributed by atoms with Crippen molar-refractivity contribution >= 4 is 32.4 Å². The molecule has 0 amide bonds.